The van der Waals surface area contributed by atoms with Crippen molar-refractivity contribution in [2.24, 2.45) is 0 Å². The normalized spacial score (nSPS) is 18.3. The molecule has 0 radical (unpaired) electrons. The predicted molar refractivity (Wildman–Crippen MR) is 125 cm³/mol. The first kappa shape index (κ1) is 20.1. The molecule has 5 rings (SSSR count). The highest BCUT2D eigenvalue weighted by atomic mass is 35.5. The summed E-state index contributed by atoms with van der Waals surface area (Å²) < 4.78 is 5.76. The van der Waals surface area contributed by atoms with Crippen LogP contribution in [0.1, 0.15) is 16.9 Å². The first-order valence-electron chi connectivity index (χ1n) is 9.49. The third-order valence-electron chi connectivity index (χ3n) is 5.18. The number of thioether (sulfide) groups is 1. The van der Waals surface area contributed by atoms with E-state index in [4.69, 9.17) is 28.2 Å². The van der Waals surface area contributed by atoms with E-state index >= 15 is 0 Å². The maximum atomic E-state index is 13.5. The summed E-state index contributed by atoms with van der Waals surface area (Å²) in [7, 11) is 0. The van der Waals surface area contributed by atoms with E-state index in [9.17, 15) is 9.59 Å². The Morgan fingerprint density at radius 3 is 2.45 bits per heavy atom. The zero-order valence-corrected chi connectivity index (χ0v) is 18.5. The van der Waals surface area contributed by atoms with E-state index in [2.05, 4.69) is 0 Å². The third kappa shape index (κ3) is 3.48. The molecule has 0 atom stereocenters. The number of furan rings is 1. The van der Waals surface area contributed by atoms with Crippen LogP contribution in [-0.4, -0.2) is 21.0 Å². The molecule has 0 aliphatic carbocycles. The lowest BCUT2D eigenvalue weighted by atomic mass is 10.1. The van der Waals surface area contributed by atoms with Crippen LogP contribution in [-0.2, 0) is 22.7 Å². The van der Waals surface area contributed by atoms with Crippen molar-refractivity contribution in [3.8, 4) is 0 Å². The molecule has 0 spiro atoms. The van der Waals surface area contributed by atoms with Crippen LogP contribution in [0.25, 0.3) is 5.57 Å². The van der Waals surface area contributed by atoms with Gasteiger partial charge in [0.2, 0.25) is 0 Å². The maximum Gasteiger partial charge on any atom is 0.267 e. The number of thiocarbonyl (C=S) groups is 1. The van der Waals surface area contributed by atoms with E-state index in [1.165, 1.54) is 4.90 Å². The number of rotatable bonds is 4. The number of benzene rings is 2. The van der Waals surface area contributed by atoms with Gasteiger partial charge in [-0.25, -0.2) is 0 Å². The summed E-state index contributed by atoms with van der Waals surface area (Å²) >= 11 is 12.9. The van der Waals surface area contributed by atoms with Crippen LogP contribution in [0.15, 0.2) is 76.2 Å². The zero-order valence-electron chi connectivity index (χ0n) is 16.1. The molecule has 3 aromatic rings. The highest BCUT2D eigenvalue weighted by Gasteiger charge is 2.42. The van der Waals surface area contributed by atoms with Crippen LogP contribution in [0.2, 0.25) is 5.02 Å². The minimum atomic E-state index is -0.288. The summed E-state index contributed by atoms with van der Waals surface area (Å²) in [6.45, 7) is 0.541. The molecule has 0 saturated carbocycles. The molecule has 1 saturated heterocycles. The van der Waals surface area contributed by atoms with Crippen molar-refractivity contribution in [1.82, 2.24) is 4.90 Å². The fourth-order valence-electron chi connectivity index (χ4n) is 3.70. The number of halogens is 1. The van der Waals surface area contributed by atoms with Gasteiger partial charge in [0.25, 0.3) is 11.8 Å². The van der Waals surface area contributed by atoms with Crippen LogP contribution in [0, 0.1) is 0 Å². The number of carbonyl (C=O) groups is 2. The number of para-hydroxylation sites is 1. The second kappa shape index (κ2) is 8.00. The molecule has 0 unspecified atom stereocenters. The molecule has 0 bridgehead atoms. The standard InChI is InChI=1S/C23H15ClN2O3S2/c24-17-9-3-1-6-14(17)12-25-18-10-4-2-8-16(18)19(21(25)27)20-22(28)26(23(30)31-20)13-15-7-5-11-29-15/h1-11H,12-13H2/b20-19-. The molecular formula is C23H15ClN2O3S2. The van der Waals surface area contributed by atoms with Crippen LogP contribution in [0.5, 0.6) is 0 Å². The number of anilines is 1. The lowest BCUT2D eigenvalue weighted by molar-refractivity contribution is -0.123. The number of hydrogen-bond acceptors (Lipinski definition) is 5. The number of carbonyl (C=O) groups excluding carboxylic acids is 2. The molecule has 2 aromatic carbocycles. The molecule has 2 aliphatic rings. The van der Waals surface area contributed by atoms with Crippen molar-refractivity contribution in [3.63, 3.8) is 0 Å². The lowest BCUT2D eigenvalue weighted by Crippen LogP contribution is -2.29. The summed E-state index contributed by atoms with van der Waals surface area (Å²) in [6, 6.07) is 18.4. The van der Waals surface area contributed by atoms with Gasteiger partial charge in [0.15, 0.2) is 0 Å². The fraction of sp³-hybridized carbons (Fsp3) is 0.0870. The van der Waals surface area contributed by atoms with E-state index < -0.39 is 0 Å². The summed E-state index contributed by atoms with van der Waals surface area (Å²) in [5.41, 5.74) is 2.68. The second-order valence-electron chi connectivity index (χ2n) is 7.04. The van der Waals surface area contributed by atoms with E-state index in [1.807, 2.05) is 42.5 Å². The van der Waals surface area contributed by atoms with Gasteiger partial charge in [0.05, 0.1) is 35.5 Å². The molecule has 31 heavy (non-hydrogen) atoms. The average Bonchev–Trinajstić information content (AvgIpc) is 3.45. The minimum Gasteiger partial charge on any atom is -0.467 e. The Hall–Kier alpha value is -2.87. The number of amides is 2. The Kier molecular flexibility index (Phi) is 5.17. The van der Waals surface area contributed by atoms with Gasteiger partial charge >= 0.3 is 0 Å². The van der Waals surface area contributed by atoms with E-state index in [-0.39, 0.29) is 18.4 Å². The summed E-state index contributed by atoms with van der Waals surface area (Å²) in [6.07, 6.45) is 1.55. The predicted octanol–water partition coefficient (Wildman–Crippen LogP) is 5.25. The number of fused-ring (bicyclic) bond motifs is 1. The SMILES string of the molecule is O=C1/C(=C2/C(=O)N(Cc3ccccc3Cl)c3ccccc32)SC(=S)N1Cc1ccco1. The molecule has 154 valence electrons. The molecule has 3 heterocycles. The first-order chi connectivity index (χ1) is 15.0. The topological polar surface area (TPSA) is 53.8 Å². The molecule has 2 aliphatic heterocycles. The molecule has 5 nitrogen and oxygen atoms in total. The molecule has 0 N–H and O–H groups in total. The first-order valence-corrected chi connectivity index (χ1v) is 11.1. The highest BCUT2D eigenvalue weighted by molar-refractivity contribution is 8.26. The molecule has 1 fully saturated rings. The quantitative estimate of drug-likeness (QED) is 0.388. The Morgan fingerprint density at radius 2 is 1.68 bits per heavy atom. The van der Waals surface area contributed by atoms with Crippen molar-refractivity contribution in [2.75, 3.05) is 4.90 Å². The van der Waals surface area contributed by atoms with Crippen LogP contribution in [0.3, 0.4) is 0 Å². The van der Waals surface area contributed by atoms with Gasteiger partial charge in [-0.3, -0.25) is 14.5 Å². The minimum absolute atomic E-state index is 0.230. The van der Waals surface area contributed by atoms with Crippen molar-refractivity contribution >= 4 is 63.0 Å². The second-order valence-corrected chi connectivity index (χ2v) is 9.09. The van der Waals surface area contributed by atoms with Gasteiger partial charge in [-0.1, -0.05) is 72.0 Å². The fourth-order valence-corrected chi connectivity index (χ4v) is 5.22. The number of nitrogens with zero attached hydrogens (tertiary/aromatic N) is 2. The highest BCUT2D eigenvalue weighted by Crippen LogP contribution is 2.45. The third-order valence-corrected chi connectivity index (χ3v) is 7.00. The van der Waals surface area contributed by atoms with Crippen LogP contribution < -0.4 is 4.90 Å². The van der Waals surface area contributed by atoms with E-state index in [0.29, 0.717) is 32.1 Å². The van der Waals surface area contributed by atoms with Crippen molar-refractivity contribution in [3.05, 3.63) is 93.7 Å². The Bertz CT molecular complexity index is 1250. The van der Waals surface area contributed by atoms with E-state index in [1.54, 1.807) is 29.4 Å². The van der Waals surface area contributed by atoms with Crippen molar-refractivity contribution in [2.45, 2.75) is 13.1 Å². The summed E-state index contributed by atoms with van der Waals surface area (Å²) in [5.74, 6) is 0.102. The van der Waals surface area contributed by atoms with Crippen LogP contribution in [0.4, 0.5) is 5.69 Å². The van der Waals surface area contributed by atoms with E-state index in [0.717, 1.165) is 28.6 Å². The Balaban J connectivity index is 1.54. The van der Waals surface area contributed by atoms with Crippen molar-refractivity contribution in [1.29, 1.82) is 0 Å². The van der Waals surface area contributed by atoms with Crippen molar-refractivity contribution < 1.29 is 14.0 Å². The lowest BCUT2D eigenvalue weighted by Gasteiger charge is -2.18. The van der Waals surface area contributed by atoms with Gasteiger partial charge < -0.3 is 9.32 Å². The molecule has 8 heteroatoms. The molecule has 1 aromatic heterocycles. The van der Waals surface area contributed by atoms with Crippen LogP contribution >= 0.6 is 35.6 Å². The van der Waals surface area contributed by atoms with Gasteiger partial charge in [-0.15, -0.1) is 0 Å². The summed E-state index contributed by atoms with van der Waals surface area (Å²) in [5, 5.41) is 0.589. The molecule has 2 amide bonds. The monoisotopic (exact) mass is 466 g/mol. The zero-order chi connectivity index (χ0) is 21.5. The number of hydrogen-bond donors (Lipinski definition) is 0. The smallest absolute Gasteiger partial charge is 0.267 e. The summed E-state index contributed by atoms with van der Waals surface area (Å²) in [4.78, 5) is 30.2. The van der Waals surface area contributed by atoms with Gasteiger partial charge in [0, 0.05) is 10.6 Å². The average molecular weight is 467 g/mol. The van der Waals surface area contributed by atoms with Gasteiger partial charge in [-0.05, 0) is 29.8 Å². The Morgan fingerprint density at radius 1 is 0.903 bits per heavy atom. The van der Waals surface area contributed by atoms with Gasteiger partial charge in [-0.2, -0.15) is 0 Å². The van der Waals surface area contributed by atoms with Gasteiger partial charge in [0.1, 0.15) is 10.1 Å². The largest absolute Gasteiger partial charge is 0.467 e. The molecular weight excluding hydrogens is 452 g/mol. The maximum absolute atomic E-state index is 13.5. The Labute approximate surface area is 193 Å².